The maximum Gasteiger partial charge on any atom is 0.147 e. The molecule has 0 spiro atoms. The number of nitrogens with two attached hydrogens (primary N) is 1. The van der Waals surface area contributed by atoms with Gasteiger partial charge in [0.05, 0.1) is 6.54 Å². The van der Waals surface area contributed by atoms with Crippen LogP contribution in [0.15, 0.2) is 24.5 Å². The van der Waals surface area contributed by atoms with E-state index in [4.69, 9.17) is 5.73 Å². The van der Waals surface area contributed by atoms with Crippen LogP contribution in [-0.2, 0) is 19.6 Å². The number of anilines is 1. The number of halogens is 1. The lowest BCUT2D eigenvalue weighted by Crippen LogP contribution is -2.33. The molecule has 0 bridgehead atoms. The molecule has 2 N–H and O–H groups in total. The summed E-state index contributed by atoms with van der Waals surface area (Å²) in [5, 5.41) is 7.91. The molecule has 1 aliphatic rings. The molecule has 0 radical (unpaired) electrons. The first-order chi connectivity index (χ1) is 8.72. The predicted molar refractivity (Wildman–Crippen MR) is 64.9 cm³/mol. The normalized spacial score (nSPS) is 15.6. The first kappa shape index (κ1) is 11.2. The van der Waals surface area contributed by atoms with Gasteiger partial charge in [-0.2, -0.15) is 0 Å². The number of nitrogen functional groups attached to an aromatic ring is 1. The Morgan fingerprint density at radius 3 is 3.06 bits per heavy atom. The summed E-state index contributed by atoms with van der Waals surface area (Å²) < 4.78 is 15.7. The first-order valence-electron chi connectivity index (χ1n) is 5.85. The molecule has 0 amide bonds. The van der Waals surface area contributed by atoms with E-state index in [0.29, 0.717) is 24.3 Å². The van der Waals surface area contributed by atoms with Gasteiger partial charge in [0, 0.05) is 30.9 Å². The minimum absolute atomic E-state index is 0.248. The molecule has 1 aromatic heterocycles. The summed E-state index contributed by atoms with van der Waals surface area (Å²) >= 11 is 0. The number of hydrogen-bond donors (Lipinski definition) is 1. The smallest absolute Gasteiger partial charge is 0.147 e. The Morgan fingerprint density at radius 1 is 1.33 bits per heavy atom. The van der Waals surface area contributed by atoms with Crippen molar-refractivity contribution in [2.45, 2.75) is 19.6 Å². The SMILES string of the molecule is Nc1ccc(CN2CCn3cnnc3C2)c(F)c1. The van der Waals surface area contributed by atoms with Crippen LogP contribution in [0.4, 0.5) is 10.1 Å². The molecular formula is C12H14FN5. The Morgan fingerprint density at radius 2 is 2.22 bits per heavy atom. The Kier molecular flexibility index (Phi) is 2.71. The van der Waals surface area contributed by atoms with Crippen LogP contribution in [0.1, 0.15) is 11.4 Å². The van der Waals surface area contributed by atoms with E-state index >= 15 is 0 Å². The molecular weight excluding hydrogens is 233 g/mol. The Bertz CT molecular complexity index is 565. The standard InChI is InChI=1S/C12H14FN5/c13-11-5-10(14)2-1-9(11)6-17-3-4-18-8-15-16-12(18)7-17/h1-2,5,8H,3-4,6-7,14H2. The van der Waals surface area contributed by atoms with E-state index in [-0.39, 0.29) is 5.82 Å². The van der Waals surface area contributed by atoms with Crippen molar-refractivity contribution in [3.8, 4) is 0 Å². The molecule has 0 saturated carbocycles. The molecule has 6 heteroatoms. The van der Waals surface area contributed by atoms with E-state index in [1.165, 1.54) is 6.07 Å². The first-order valence-corrected chi connectivity index (χ1v) is 5.85. The van der Waals surface area contributed by atoms with Crippen molar-refractivity contribution in [1.82, 2.24) is 19.7 Å². The van der Waals surface area contributed by atoms with Gasteiger partial charge in [0.25, 0.3) is 0 Å². The van der Waals surface area contributed by atoms with Crippen LogP contribution in [0.2, 0.25) is 0 Å². The summed E-state index contributed by atoms with van der Waals surface area (Å²) in [4.78, 5) is 2.15. The van der Waals surface area contributed by atoms with Gasteiger partial charge in [0.15, 0.2) is 0 Å². The highest BCUT2D eigenvalue weighted by Crippen LogP contribution is 2.17. The van der Waals surface area contributed by atoms with Gasteiger partial charge in [-0.25, -0.2) is 4.39 Å². The minimum atomic E-state index is -0.248. The van der Waals surface area contributed by atoms with E-state index in [2.05, 4.69) is 15.1 Å². The summed E-state index contributed by atoms with van der Waals surface area (Å²) in [6, 6.07) is 4.83. The second-order valence-corrected chi connectivity index (χ2v) is 4.50. The van der Waals surface area contributed by atoms with Crippen LogP contribution >= 0.6 is 0 Å². The van der Waals surface area contributed by atoms with Gasteiger partial charge in [0.1, 0.15) is 18.0 Å². The quantitative estimate of drug-likeness (QED) is 0.805. The lowest BCUT2D eigenvalue weighted by Gasteiger charge is -2.26. The van der Waals surface area contributed by atoms with Crippen molar-refractivity contribution in [1.29, 1.82) is 0 Å². The summed E-state index contributed by atoms with van der Waals surface area (Å²) in [5.74, 6) is 0.680. The van der Waals surface area contributed by atoms with Gasteiger partial charge in [-0.1, -0.05) is 6.07 Å². The summed E-state index contributed by atoms with van der Waals surface area (Å²) in [6.45, 7) is 2.98. The molecule has 94 valence electrons. The van der Waals surface area contributed by atoms with Crippen LogP contribution in [0.3, 0.4) is 0 Å². The molecule has 18 heavy (non-hydrogen) atoms. The fourth-order valence-electron chi connectivity index (χ4n) is 2.18. The summed E-state index contributed by atoms with van der Waals surface area (Å²) in [7, 11) is 0. The number of fused-ring (bicyclic) bond motifs is 1. The van der Waals surface area contributed by atoms with Crippen LogP contribution in [0.25, 0.3) is 0 Å². The summed E-state index contributed by atoms with van der Waals surface area (Å²) in [5.41, 5.74) is 6.65. The molecule has 2 aromatic rings. The zero-order valence-corrected chi connectivity index (χ0v) is 9.88. The number of hydrogen-bond acceptors (Lipinski definition) is 4. The highest BCUT2D eigenvalue weighted by Gasteiger charge is 2.18. The fraction of sp³-hybridized carbons (Fsp3) is 0.333. The van der Waals surface area contributed by atoms with Crippen molar-refractivity contribution < 1.29 is 4.39 Å². The van der Waals surface area contributed by atoms with E-state index in [0.717, 1.165) is 18.9 Å². The molecule has 5 nitrogen and oxygen atoms in total. The van der Waals surface area contributed by atoms with Crippen molar-refractivity contribution >= 4 is 5.69 Å². The number of aromatic nitrogens is 3. The van der Waals surface area contributed by atoms with Crippen LogP contribution in [0, 0.1) is 5.82 Å². The van der Waals surface area contributed by atoms with E-state index in [1.54, 1.807) is 18.5 Å². The second kappa shape index (κ2) is 4.38. The zero-order chi connectivity index (χ0) is 12.5. The average Bonchev–Trinajstić information content (AvgIpc) is 2.80. The highest BCUT2D eigenvalue weighted by molar-refractivity contribution is 5.40. The highest BCUT2D eigenvalue weighted by atomic mass is 19.1. The monoisotopic (exact) mass is 247 g/mol. The fourth-order valence-corrected chi connectivity index (χ4v) is 2.18. The Hall–Kier alpha value is -1.95. The molecule has 3 rings (SSSR count). The molecule has 1 aromatic carbocycles. The van der Waals surface area contributed by atoms with Crippen molar-refractivity contribution in [2.75, 3.05) is 12.3 Å². The molecule has 1 aliphatic heterocycles. The van der Waals surface area contributed by atoms with Gasteiger partial charge >= 0.3 is 0 Å². The van der Waals surface area contributed by atoms with Crippen molar-refractivity contribution in [3.05, 3.63) is 41.7 Å². The third kappa shape index (κ3) is 2.06. The molecule has 0 atom stereocenters. The largest absolute Gasteiger partial charge is 0.399 e. The van der Waals surface area contributed by atoms with Gasteiger partial charge in [-0.05, 0) is 12.1 Å². The van der Waals surface area contributed by atoms with Gasteiger partial charge in [-0.15, -0.1) is 10.2 Å². The zero-order valence-electron chi connectivity index (χ0n) is 9.88. The minimum Gasteiger partial charge on any atom is -0.399 e. The van der Waals surface area contributed by atoms with Gasteiger partial charge in [-0.3, -0.25) is 4.90 Å². The topological polar surface area (TPSA) is 60.0 Å². The molecule has 0 saturated heterocycles. The Labute approximate surface area is 104 Å². The van der Waals surface area contributed by atoms with E-state index in [1.807, 2.05) is 4.57 Å². The van der Waals surface area contributed by atoms with Crippen molar-refractivity contribution in [3.63, 3.8) is 0 Å². The molecule has 0 aliphatic carbocycles. The van der Waals surface area contributed by atoms with Crippen LogP contribution in [-0.4, -0.2) is 26.2 Å². The van der Waals surface area contributed by atoms with Crippen LogP contribution in [0.5, 0.6) is 0 Å². The summed E-state index contributed by atoms with van der Waals surface area (Å²) in [6.07, 6.45) is 1.73. The lowest BCUT2D eigenvalue weighted by atomic mass is 10.1. The lowest BCUT2D eigenvalue weighted by molar-refractivity contribution is 0.206. The molecule has 2 heterocycles. The molecule has 0 fully saturated rings. The third-order valence-corrected chi connectivity index (χ3v) is 3.19. The van der Waals surface area contributed by atoms with Crippen LogP contribution < -0.4 is 5.73 Å². The van der Waals surface area contributed by atoms with E-state index in [9.17, 15) is 4.39 Å². The Balaban J connectivity index is 1.74. The average molecular weight is 247 g/mol. The third-order valence-electron chi connectivity index (χ3n) is 3.19. The predicted octanol–water partition coefficient (Wildman–Crippen LogP) is 1.02. The number of benzene rings is 1. The second-order valence-electron chi connectivity index (χ2n) is 4.50. The van der Waals surface area contributed by atoms with Gasteiger partial charge in [0.2, 0.25) is 0 Å². The van der Waals surface area contributed by atoms with E-state index < -0.39 is 0 Å². The maximum atomic E-state index is 13.7. The maximum absolute atomic E-state index is 13.7. The number of nitrogens with zero attached hydrogens (tertiary/aromatic N) is 4. The van der Waals surface area contributed by atoms with Gasteiger partial charge < -0.3 is 10.3 Å². The number of rotatable bonds is 2. The van der Waals surface area contributed by atoms with Crippen molar-refractivity contribution in [2.24, 2.45) is 0 Å². The molecule has 0 unspecified atom stereocenters.